The predicted molar refractivity (Wildman–Crippen MR) is 79.6 cm³/mol. The molecule has 20 heavy (non-hydrogen) atoms. The van der Waals surface area contributed by atoms with Crippen molar-refractivity contribution in [3.63, 3.8) is 0 Å². The molecule has 0 saturated heterocycles. The maximum atomic E-state index is 11.1. The Balaban J connectivity index is 2.10. The zero-order valence-electron chi connectivity index (χ0n) is 10.4. The molecule has 2 heterocycles. The summed E-state index contributed by atoms with van der Waals surface area (Å²) in [5, 5.41) is 12.0. The van der Waals surface area contributed by atoms with Gasteiger partial charge in [-0.3, -0.25) is 15.1 Å². The number of nitro groups is 1. The monoisotopic (exact) mass is 331 g/mol. The van der Waals surface area contributed by atoms with Crippen molar-refractivity contribution in [2.45, 2.75) is 6.54 Å². The van der Waals surface area contributed by atoms with Crippen LogP contribution in [0.4, 0.5) is 5.69 Å². The fourth-order valence-electron chi connectivity index (χ4n) is 2.26. The summed E-state index contributed by atoms with van der Waals surface area (Å²) in [6.45, 7) is 0.542. The zero-order chi connectivity index (χ0) is 14.1. The molecule has 0 aliphatic carbocycles. The summed E-state index contributed by atoms with van der Waals surface area (Å²) in [7, 11) is 0. The van der Waals surface area contributed by atoms with Crippen molar-refractivity contribution in [3.05, 3.63) is 69.1 Å². The van der Waals surface area contributed by atoms with E-state index in [9.17, 15) is 10.1 Å². The third-order valence-corrected chi connectivity index (χ3v) is 3.51. The van der Waals surface area contributed by atoms with Gasteiger partial charge in [0.05, 0.1) is 4.92 Å². The lowest BCUT2D eigenvalue weighted by molar-refractivity contribution is -0.383. The molecule has 3 rings (SSSR count). The molecule has 0 aliphatic rings. The number of para-hydroxylation sites is 1. The van der Waals surface area contributed by atoms with E-state index < -0.39 is 0 Å². The summed E-state index contributed by atoms with van der Waals surface area (Å²) in [6.07, 6.45) is 5.32. The van der Waals surface area contributed by atoms with Gasteiger partial charge in [-0.15, -0.1) is 0 Å². The molecule has 3 aromatic rings. The highest BCUT2D eigenvalue weighted by Crippen LogP contribution is 2.27. The Bertz CT molecular complexity index is 798. The summed E-state index contributed by atoms with van der Waals surface area (Å²) >= 11 is 3.37. The largest absolute Gasteiger partial charge is 0.337 e. The van der Waals surface area contributed by atoms with E-state index in [2.05, 4.69) is 20.9 Å². The molecule has 100 valence electrons. The van der Waals surface area contributed by atoms with E-state index in [4.69, 9.17) is 0 Å². The van der Waals surface area contributed by atoms with E-state index in [0.29, 0.717) is 12.1 Å². The molecule has 0 fully saturated rings. The van der Waals surface area contributed by atoms with Crippen LogP contribution >= 0.6 is 15.9 Å². The third kappa shape index (κ3) is 2.30. The predicted octanol–water partition coefficient (Wildman–Crippen LogP) is 3.76. The summed E-state index contributed by atoms with van der Waals surface area (Å²) < 4.78 is 2.76. The maximum absolute atomic E-state index is 11.1. The Labute approximate surface area is 123 Å². The third-order valence-electron chi connectivity index (χ3n) is 3.08. The van der Waals surface area contributed by atoms with Gasteiger partial charge < -0.3 is 4.57 Å². The van der Waals surface area contributed by atoms with Gasteiger partial charge in [-0.25, -0.2) is 0 Å². The van der Waals surface area contributed by atoms with E-state index in [0.717, 1.165) is 15.4 Å². The molecular weight excluding hydrogens is 322 g/mol. The maximum Gasteiger partial charge on any atom is 0.293 e. The van der Waals surface area contributed by atoms with Gasteiger partial charge in [-0.2, -0.15) is 0 Å². The molecule has 0 amide bonds. The standard InChI is InChI=1S/C14H10BrN3O2/c15-12-6-10(7-16-8-12)9-17-5-4-11-2-1-3-13(14(11)17)18(19)20/h1-8H,9H2. The first-order valence-corrected chi connectivity index (χ1v) is 6.76. The molecular formula is C14H10BrN3O2. The number of benzene rings is 1. The summed E-state index contributed by atoms with van der Waals surface area (Å²) in [5.41, 5.74) is 1.74. The van der Waals surface area contributed by atoms with Gasteiger partial charge in [-0.05, 0) is 33.6 Å². The van der Waals surface area contributed by atoms with Crippen molar-refractivity contribution in [3.8, 4) is 0 Å². The average molecular weight is 332 g/mol. The van der Waals surface area contributed by atoms with Gasteiger partial charge >= 0.3 is 0 Å². The number of fused-ring (bicyclic) bond motifs is 1. The SMILES string of the molecule is O=[N+]([O-])c1cccc2ccn(Cc3cncc(Br)c3)c12. The fourth-order valence-corrected chi connectivity index (χ4v) is 2.67. The van der Waals surface area contributed by atoms with Crippen molar-refractivity contribution in [2.75, 3.05) is 0 Å². The molecule has 0 spiro atoms. The number of non-ortho nitro benzene ring substituents is 1. The van der Waals surface area contributed by atoms with Crippen LogP contribution in [0, 0.1) is 10.1 Å². The number of hydrogen-bond donors (Lipinski definition) is 0. The molecule has 0 N–H and O–H groups in total. The second kappa shape index (κ2) is 5.05. The average Bonchev–Trinajstić information content (AvgIpc) is 2.82. The van der Waals surface area contributed by atoms with Crippen LogP contribution < -0.4 is 0 Å². The first-order chi connectivity index (χ1) is 9.65. The zero-order valence-corrected chi connectivity index (χ0v) is 11.9. The van der Waals surface area contributed by atoms with Crippen molar-refractivity contribution in [1.82, 2.24) is 9.55 Å². The van der Waals surface area contributed by atoms with Crippen molar-refractivity contribution >= 4 is 32.5 Å². The van der Waals surface area contributed by atoms with Crippen LogP contribution in [0.1, 0.15) is 5.56 Å². The second-order valence-corrected chi connectivity index (χ2v) is 5.34. The first kappa shape index (κ1) is 12.8. The second-order valence-electron chi connectivity index (χ2n) is 4.43. The summed E-state index contributed by atoms with van der Waals surface area (Å²) in [4.78, 5) is 14.9. The van der Waals surface area contributed by atoms with Crippen molar-refractivity contribution < 1.29 is 4.92 Å². The first-order valence-electron chi connectivity index (χ1n) is 5.97. The number of nitro benzene ring substituents is 1. The van der Waals surface area contributed by atoms with Crippen LogP contribution in [-0.2, 0) is 6.54 Å². The highest BCUT2D eigenvalue weighted by atomic mass is 79.9. The van der Waals surface area contributed by atoms with Crippen LogP contribution in [0.3, 0.4) is 0 Å². The van der Waals surface area contributed by atoms with Crippen LogP contribution in [0.25, 0.3) is 10.9 Å². The Morgan fingerprint density at radius 3 is 2.90 bits per heavy atom. The molecule has 0 saturated carbocycles. The highest BCUT2D eigenvalue weighted by Gasteiger charge is 2.15. The molecule has 1 aromatic carbocycles. The van der Waals surface area contributed by atoms with Crippen molar-refractivity contribution in [1.29, 1.82) is 0 Å². The minimum Gasteiger partial charge on any atom is -0.337 e. The number of aromatic nitrogens is 2. The summed E-state index contributed by atoms with van der Waals surface area (Å²) in [6, 6.07) is 8.93. The molecule has 0 radical (unpaired) electrons. The molecule has 0 aliphatic heterocycles. The van der Waals surface area contributed by atoms with Crippen molar-refractivity contribution in [2.24, 2.45) is 0 Å². The topological polar surface area (TPSA) is 61.0 Å². The van der Waals surface area contributed by atoms with Crippen LogP contribution in [0.5, 0.6) is 0 Å². The van der Waals surface area contributed by atoms with E-state index in [1.165, 1.54) is 6.07 Å². The van der Waals surface area contributed by atoms with Crippen LogP contribution in [-0.4, -0.2) is 14.5 Å². The van der Waals surface area contributed by atoms with E-state index >= 15 is 0 Å². The van der Waals surface area contributed by atoms with Crippen LogP contribution in [0.15, 0.2) is 53.4 Å². The van der Waals surface area contributed by atoms with Gasteiger partial charge in [0.2, 0.25) is 0 Å². The smallest absolute Gasteiger partial charge is 0.293 e. The molecule has 0 atom stereocenters. The quantitative estimate of drug-likeness (QED) is 0.542. The number of halogens is 1. The molecule has 0 unspecified atom stereocenters. The minimum atomic E-state index is -0.349. The van der Waals surface area contributed by atoms with E-state index in [1.54, 1.807) is 18.5 Å². The Morgan fingerprint density at radius 2 is 2.15 bits per heavy atom. The molecule has 0 bridgehead atoms. The summed E-state index contributed by atoms with van der Waals surface area (Å²) in [5.74, 6) is 0. The number of pyridine rings is 1. The lowest BCUT2D eigenvalue weighted by Crippen LogP contribution is -2.01. The molecule has 5 nitrogen and oxygen atoms in total. The lowest BCUT2D eigenvalue weighted by Gasteiger charge is -2.06. The van der Waals surface area contributed by atoms with Gasteiger partial charge in [0, 0.05) is 41.1 Å². The van der Waals surface area contributed by atoms with Gasteiger partial charge in [0.1, 0.15) is 5.52 Å². The van der Waals surface area contributed by atoms with Gasteiger partial charge in [0.15, 0.2) is 0 Å². The lowest BCUT2D eigenvalue weighted by atomic mass is 10.2. The highest BCUT2D eigenvalue weighted by molar-refractivity contribution is 9.10. The molecule has 2 aromatic heterocycles. The van der Waals surface area contributed by atoms with Gasteiger partial charge in [0.25, 0.3) is 5.69 Å². The number of nitrogens with zero attached hydrogens (tertiary/aromatic N) is 3. The van der Waals surface area contributed by atoms with Gasteiger partial charge in [-0.1, -0.05) is 12.1 Å². The molecule has 6 heteroatoms. The Hall–Kier alpha value is -2.21. The van der Waals surface area contributed by atoms with Crippen LogP contribution in [0.2, 0.25) is 0 Å². The Kier molecular flexibility index (Phi) is 3.23. The van der Waals surface area contributed by atoms with E-state index in [-0.39, 0.29) is 10.6 Å². The minimum absolute atomic E-state index is 0.121. The Morgan fingerprint density at radius 1 is 1.30 bits per heavy atom. The normalized spacial score (nSPS) is 10.8. The fraction of sp³-hybridized carbons (Fsp3) is 0.0714. The van der Waals surface area contributed by atoms with E-state index in [1.807, 2.05) is 29.0 Å². The number of rotatable bonds is 3. The number of hydrogen-bond acceptors (Lipinski definition) is 3.